The Balaban J connectivity index is 1.63. The van der Waals surface area contributed by atoms with E-state index < -0.39 is 17.7 Å². The van der Waals surface area contributed by atoms with Gasteiger partial charge in [0.15, 0.2) is 18.1 Å². The lowest BCUT2D eigenvalue weighted by Crippen LogP contribution is -2.32. The van der Waals surface area contributed by atoms with E-state index in [1.165, 1.54) is 12.3 Å². The Bertz CT molecular complexity index is 1400. The van der Waals surface area contributed by atoms with Gasteiger partial charge in [0.25, 0.3) is 5.91 Å². The minimum Gasteiger partial charge on any atom is -0.490 e. The molecule has 3 aromatic rings. The molecule has 39 heavy (non-hydrogen) atoms. The molecule has 3 rings (SSSR count). The predicted molar refractivity (Wildman–Crippen MR) is 161 cm³/mol. The highest BCUT2D eigenvalue weighted by Gasteiger charge is 2.16. The number of hydrazone groups is 1. The summed E-state index contributed by atoms with van der Waals surface area (Å²) in [6.45, 7) is 3.81. The van der Waals surface area contributed by atoms with E-state index in [-0.39, 0.29) is 6.61 Å². The van der Waals surface area contributed by atoms with Gasteiger partial charge in [0.1, 0.15) is 0 Å². The Kier molecular flexibility index (Phi) is 11.4. The van der Waals surface area contributed by atoms with Crippen LogP contribution < -0.4 is 25.5 Å². The molecule has 9 nitrogen and oxygen atoms in total. The number of benzene rings is 3. The first kappa shape index (κ1) is 30.2. The molecule has 0 aliphatic heterocycles. The Hall–Kier alpha value is -3.35. The van der Waals surface area contributed by atoms with Gasteiger partial charge in [-0.2, -0.15) is 5.10 Å². The Morgan fingerprint density at radius 2 is 1.72 bits per heavy atom. The first-order valence-corrected chi connectivity index (χ1v) is 13.6. The van der Waals surface area contributed by atoms with Crippen molar-refractivity contribution in [1.82, 2.24) is 5.43 Å². The molecule has 3 aromatic carbocycles. The first-order valence-electron chi connectivity index (χ1n) is 11.8. The van der Waals surface area contributed by atoms with Crippen LogP contribution in [0.3, 0.4) is 0 Å². The summed E-state index contributed by atoms with van der Waals surface area (Å²) < 4.78 is 12.1. The van der Waals surface area contributed by atoms with E-state index in [0.29, 0.717) is 55.1 Å². The second-order valence-corrected chi connectivity index (χ2v) is 9.89. The summed E-state index contributed by atoms with van der Waals surface area (Å²) in [7, 11) is 0. The molecule has 12 heteroatoms. The van der Waals surface area contributed by atoms with E-state index >= 15 is 0 Å². The minimum absolute atomic E-state index is 0.297. The second-order valence-electron chi connectivity index (χ2n) is 7.89. The number of hydrogen-bond donors (Lipinski definition) is 3. The number of anilines is 2. The molecule has 3 N–H and O–H groups in total. The van der Waals surface area contributed by atoms with Crippen LogP contribution in [0.1, 0.15) is 25.0 Å². The van der Waals surface area contributed by atoms with Gasteiger partial charge in [-0.1, -0.05) is 48.3 Å². The van der Waals surface area contributed by atoms with Crippen LogP contribution in [0.4, 0.5) is 11.4 Å². The molecule has 0 radical (unpaired) electrons. The zero-order valence-corrected chi connectivity index (χ0v) is 24.7. The minimum atomic E-state index is -0.913. The van der Waals surface area contributed by atoms with Crippen LogP contribution in [0.5, 0.6) is 11.5 Å². The molecule has 0 heterocycles. The fourth-order valence-corrected chi connectivity index (χ4v) is 4.56. The van der Waals surface area contributed by atoms with Crippen LogP contribution in [-0.4, -0.2) is 37.1 Å². The van der Waals surface area contributed by atoms with Crippen LogP contribution in [0, 0.1) is 3.57 Å². The molecule has 204 valence electrons. The summed E-state index contributed by atoms with van der Waals surface area (Å²) in [6, 6.07) is 15.3. The fourth-order valence-electron chi connectivity index (χ4n) is 3.33. The topological polar surface area (TPSA) is 118 Å². The lowest BCUT2D eigenvalue weighted by molar-refractivity contribution is -0.136. The number of carbonyl (C=O) groups is 3. The monoisotopic (exact) mass is 682 g/mol. The van der Waals surface area contributed by atoms with Gasteiger partial charge in [-0.15, -0.1) is 0 Å². The van der Waals surface area contributed by atoms with Crippen LogP contribution in [0.15, 0.2) is 59.7 Å². The van der Waals surface area contributed by atoms with Crippen molar-refractivity contribution in [1.29, 1.82) is 0 Å². The zero-order chi connectivity index (χ0) is 28.4. The maximum Gasteiger partial charge on any atom is 0.329 e. The van der Waals surface area contributed by atoms with E-state index in [9.17, 15) is 14.4 Å². The maximum absolute atomic E-state index is 12.4. The van der Waals surface area contributed by atoms with Crippen molar-refractivity contribution in [3.63, 3.8) is 0 Å². The highest BCUT2D eigenvalue weighted by molar-refractivity contribution is 14.1. The number of ether oxygens (including phenoxy) is 2. The summed E-state index contributed by atoms with van der Waals surface area (Å²) >= 11 is 14.0. The molecular formula is C27H25Cl2IN4O5. The molecule has 0 spiro atoms. The maximum atomic E-state index is 12.4. The molecule has 0 aliphatic rings. The van der Waals surface area contributed by atoms with Crippen molar-refractivity contribution in [2.24, 2.45) is 5.10 Å². The number of halogens is 3. The third kappa shape index (κ3) is 8.84. The number of rotatable bonds is 10. The van der Waals surface area contributed by atoms with E-state index in [2.05, 4.69) is 21.2 Å². The number of carbonyl (C=O) groups excluding carboxylic acids is 3. The lowest BCUT2D eigenvalue weighted by atomic mass is 10.1. The van der Waals surface area contributed by atoms with Crippen molar-refractivity contribution >= 4 is 81.1 Å². The Morgan fingerprint density at radius 1 is 0.949 bits per heavy atom. The molecule has 0 aliphatic carbocycles. The molecule has 0 saturated carbocycles. The average Bonchev–Trinajstić information content (AvgIpc) is 2.90. The summed E-state index contributed by atoms with van der Waals surface area (Å²) in [5.74, 6) is -1.43. The van der Waals surface area contributed by atoms with E-state index in [0.717, 1.165) is 5.56 Å². The highest BCUT2D eigenvalue weighted by Crippen LogP contribution is 2.34. The molecule has 3 amide bonds. The van der Waals surface area contributed by atoms with Gasteiger partial charge in [-0.25, -0.2) is 5.43 Å². The molecular weight excluding hydrogens is 658 g/mol. The van der Waals surface area contributed by atoms with Gasteiger partial charge in [0.2, 0.25) is 0 Å². The number of amides is 3. The zero-order valence-electron chi connectivity index (χ0n) is 21.0. The van der Waals surface area contributed by atoms with Crippen LogP contribution in [0.2, 0.25) is 10.0 Å². The number of hydrogen-bond acceptors (Lipinski definition) is 6. The number of nitrogens with one attached hydrogen (secondary N) is 3. The van der Waals surface area contributed by atoms with Gasteiger partial charge in [0.05, 0.1) is 27.1 Å². The summed E-state index contributed by atoms with van der Waals surface area (Å²) in [6.07, 6.45) is 2.08. The standard InChI is InChI=1S/C27H25Cl2IN4O5/c1-3-17-7-5-6-8-21(17)33-26(36)27(37)34-31-14-16-11-20(30)25(23(12-16)38-4-2)39-15-24(35)32-22-10-9-18(28)13-19(22)29/h5-14H,3-4,15H2,1-2H3,(H,32,35)(H,33,36)(H,34,37)/b31-14-. The van der Waals surface area contributed by atoms with Crippen molar-refractivity contribution in [3.8, 4) is 11.5 Å². The van der Waals surface area contributed by atoms with Gasteiger partial charge in [0, 0.05) is 10.7 Å². The Morgan fingerprint density at radius 3 is 2.44 bits per heavy atom. The van der Waals surface area contributed by atoms with Crippen molar-refractivity contribution in [3.05, 3.63) is 79.3 Å². The largest absolute Gasteiger partial charge is 0.490 e. The number of para-hydroxylation sites is 1. The molecule has 0 aromatic heterocycles. The van der Waals surface area contributed by atoms with Crippen LogP contribution in [0.25, 0.3) is 0 Å². The quantitative estimate of drug-likeness (QED) is 0.110. The van der Waals surface area contributed by atoms with Crippen LogP contribution in [-0.2, 0) is 20.8 Å². The van der Waals surface area contributed by atoms with Crippen molar-refractivity contribution in [2.45, 2.75) is 20.3 Å². The van der Waals surface area contributed by atoms with E-state index in [1.807, 2.05) is 48.6 Å². The molecule has 0 unspecified atom stereocenters. The number of aryl methyl sites for hydroxylation is 1. The lowest BCUT2D eigenvalue weighted by Gasteiger charge is -2.15. The average molecular weight is 683 g/mol. The third-order valence-electron chi connectivity index (χ3n) is 5.12. The molecule has 0 atom stereocenters. The normalized spacial score (nSPS) is 10.7. The molecule has 0 fully saturated rings. The fraction of sp³-hybridized carbons (Fsp3) is 0.185. The van der Waals surface area contributed by atoms with Gasteiger partial charge >= 0.3 is 11.8 Å². The van der Waals surface area contributed by atoms with Crippen molar-refractivity contribution < 1.29 is 23.9 Å². The SMILES string of the molecule is CCOc1cc(/C=N\NC(=O)C(=O)Nc2ccccc2CC)cc(I)c1OCC(=O)Nc1ccc(Cl)cc1Cl. The predicted octanol–water partition coefficient (Wildman–Crippen LogP) is 5.67. The van der Waals surface area contributed by atoms with Gasteiger partial charge in [-0.05, 0) is 83.5 Å². The van der Waals surface area contributed by atoms with Gasteiger partial charge < -0.3 is 20.1 Å². The summed E-state index contributed by atoms with van der Waals surface area (Å²) in [5, 5.41) is 9.90. The first-order chi connectivity index (χ1) is 18.7. The van der Waals surface area contributed by atoms with Crippen molar-refractivity contribution in [2.75, 3.05) is 23.8 Å². The Labute approximate surface area is 249 Å². The highest BCUT2D eigenvalue weighted by atomic mass is 127. The summed E-state index contributed by atoms with van der Waals surface area (Å²) in [4.78, 5) is 36.9. The number of nitrogens with zero attached hydrogens (tertiary/aromatic N) is 1. The third-order valence-corrected chi connectivity index (χ3v) is 6.47. The van der Waals surface area contributed by atoms with E-state index in [1.54, 1.807) is 36.4 Å². The van der Waals surface area contributed by atoms with Gasteiger partial charge in [-0.3, -0.25) is 14.4 Å². The smallest absolute Gasteiger partial charge is 0.329 e. The molecule has 0 saturated heterocycles. The van der Waals surface area contributed by atoms with Crippen LogP contribution >= 0.6 is 45.8 Å². The second kappa shape index (κ2) is 14.7. The summed E-state index contributed by atoms with van der Waals surface area (Å²) in [5.41, 5.74) is 4.68. The molecule has 0 bridgehead atoms. The van der Waals surface area contributed by atoms with E-state index in [4.69, 9.17) is 32.7 Å².